The summed E-state index contributed by atoms with van der Waals surface area (Å²) in [6, 6.07) is 11.5. The van der Waals surface area contributed by atoms with E-state index in [1.54, 1.807) is 10.7 Å². The first-order valence-electron chi connectivity index (χ1n) is 6.52. The Morgan fingerprint density at radius 2 is 1.90 bits per heavy atom. The summed E-state index contributed by atoms with van der Waals surface area (Å²) >= 11 is 9.50. The van der Waals surface area contributed by atoms with Crippen LogP contribution in [0.4, 0.5) is 0 Å². The molecule has 21 heavy (non-hydrogen) atoms. The highest BCUT2D eigenvalue weighted by Gasteiger charge is 2.10. The van der Waals surface area contributed by atoms with Crippen molar-refractivity contribution in [2.45, 2.75) is 20.0 Å². The van der Waals surface area contributed by atoms with Crippen LogP contribution < -0.4 is 4.74 Å². The summed E-state index contributed by atoms with van der Waals surface area (Å²) in [7, 11) is 0. The van der Waals surface area contributed by atoms with Gasteiger partial charge in [-0.1, -0.05) is 16.8 Å². The zero-order chi connectivity index (χ0) is 15.0. The molecule has 0 saturated heterocycles. The first-order chi connectivity index (χ1) is 10.0. The highest BCUT2D eigenvalue weighted by molar-refractivity contribution is 9.10. The maximum absolute atomic E-state index is 6.07. The normalized spacial score (nSPS) is 11.3. The molecule has 6 heteroatoms. The lowest BCUT2D eigenvalue weighted by molar-refractivity contribution is 0.242. The van der Waals surface area contributed by atoms with E-state index in [1.807, 2.05) is 44.2 Å². The predicted octanol–water partition coefficient (Wildman–Crippen LogP) is 4.62. The third-order valence-electron chi connectivity index (χ3n) is 2.94. The molecule has 0 aliphatic carbocycles. The van der Waals surface area contributed by atoms with Crippen molar-refractivity contribution < 1.29 is 4.74 Å². The Hall–Kier alpha value is -1.59. The highest BCUT2D eigenvalue weighted by Crippen LogP contribution is 2.28. The minimum atomic E-state index is 0.154. The van der Waals surface area contributed by atoms with Crippen LogP contribution in [0.15, 0.2) is 40.9 Å². The van der Waals surface area contributed by atoms with Gasteiger partial charge in [-0.05, 0) is 66.2 Å². The zero-order valence-corrected chi connectivity index (χ0v) is 13.9. The molecule has 0 aliphatic rings. The molecule has 0 radical (unpaired) electrons. The van der Waals surface area contributed by atoms with Crippen LogP contribution in [0.1, 0.15) is 13.8 Å². The molecule has 0 bridgehead atoms. The van der Waals surface area contributed by atoms with Crippen LogP contribution >= 0.6 is 27.5 Å². The number of ether oxygens (including phenoxy) is 1. The van der Waals surface area contributed by atoms with E-state index in [9.17, 15) is 0 Å². The number of nitrogens with zero attached hydrogens (tertiary/aromatic N) is 3. The summed E-state index contributed by atoms with van der Waals surface area (Å²) in [6.07, 6.45) is 0.154. The Bertz CT molecular complexity index is 783. The van der Waals surface area contributed by atoms with Gasteiger partial charge < -0.3 is 4.74 Å². The number of hydrogen-bond acceptors (Lipinski definition) is 3. The number of hydrogen-bond donors (Lipinski definition) is 0. The van der Waals surface area contributed by atoms with Gasteiger partial charge in [0.05, 0.1) is 22.3 Å². The third kappa shape index (κ3) is 2.89. The lowest BCUT2D eigenvalue weighted by Gasteiger charge is -2.10. The molecule has 1 aromatic heterocycles. The van der Waals surface area contributed by atoms with Crippen LogP contribution in [0.3, 0.4) is 0 Å². The van der Waals surface area contributed by atoms with Gasteiger partial charge in [-0.25, -0.2) is 4.68 Å². The summed E-state index contributed by atoms with van der Waals surface area (Å²) in [5.41, 5.74) is 2.57. The average molecular weight is 367 g/mol. The largest absolute Gasteiger partial charge is 0.491 e. The van der Waals surface area contributed by atoms with Crippen molar-refractivity contribution >= 4 is 38.6 Å². The molecule has 0 amide bonds. The molecule has 0 N–H and O–H groups in total. The number of fused-ring (bicyclic) bond motifs is 1. The van der Waals surface area contributed by atoms with Gasteiger partial charge in [-0.3, -0.25) is 0 Å². The van der Waals surface area contributed by atoms with Crippen LogP contribution in [0.5, 0.6) is 5.75 Å². The quantitative estimate of drug-likeness (QED) is 0.679. The maximum atomic E-state index is 6.07. The Morgan fingerprint density at radius 3 is 2.57 bits per heavy atom. The average Bonchev–Trinajstić information content (AvgIpc) is 2.82. The maximum Gasteiger partial charge on any atom is 0.119 e. The van der Waals surface area contributed by atoms with E-state index < -0.39 is 0 Å². The summed E-state index contributed by atoms with van der Waals surface area (Å²) < 4.78 is 8.23. The molecule has 4 nitrogen and oxygen atoms in total. The molecule has 3 rings (SSSR count). The second kappa shape index (κ2) is 5.66. The Morgan fingerprint density at radius 1 is 1.19 bits per heavy atom. The van der Waals surface area contributed by atoms with E-state index in [4.69, 9.17) is 16.3 Å². The summed E-state index contributed by atoms with van der Waals surface area (Å²) in [5.74, 6) is 0.836. The summed E-state index contributed by atoms with van der Waals surface area (Å²) in [4.78, 5) is 0. The first-order valence-corrected chi connectivity index (χ1v) is 7.69. The Labute approximate surface area is 135 Å². The van der Waals surface area contributed by atoms with Gasteiger partial charge in [0.15, 0.2) is 0 Å². The van der Waals surface area contributed by atoms with Crippen LogP contribution in [0, 0.1) is 0 Å². The topological polar surface area (TPSA) is 39.9 Å². The lowest BCUT2D eigenvalue weighted by atomic mass is 10.2. The minimum absolute atomic E-state index is 0.154. The Balaban J connectivity index is 2.02. The van der Waals surface area contributed by atoms with E-state index in [-0.39, 0.29) is 6.10 Å². The minimum Gasteiger partial charge on any atom is -0.491 e. The predicted molar refractivity (Wildman–Crippen MR) is 87.3 cm³/mol. The van der Waals surface area contributed by atoms with E-state index in [1.165, 1.54) is 0 Å². The van der Waals surface area contributed by atoms with Crippen molar-refractivity contribution in [2.75, 3.05) is 0 Å². The molecule has 0 saturated carbocycles. The number of halogens is 2. The van der Waals surface area contributed by atoms with Crippen LogP contribution in [-0.2, 0) is 0 Å². The molecule has 0 fully saturated rings. The van der Waals surface area contributed by atoms with Crippen LogP contribution in [-0.4, -0.2) is 21.1 Å². The van der Waals surface area contributed by atoms with Crippen molar-refractivity contribution in [1.29, 1.82) is 0 Å². The zero-order valence-electron chi connectivity index (χ0n) is 11.5. The monoisotopic (exact) mass is 365 g/mol. The molecule has 3 aromatic rings. The first kappa shape index (κ1) is 14.4. The molecule has 1 heterocycles. The SMILES string of the molecule is CC(C)Oc1ccc(-n2nnc3cc(Cl)c(Br)cc32)cc1. The molecule has 108 valence electrons. The fraction of sp³-hybridized carbons (Fsp3) is 0.200. The molecule has 0 spiro atoms. The molecule has 0 atom stereocenters. The van der Waals surface area contributed by atoms with Gasteiger partial charge in [-0.2, -0.15) is 0 Å². The van der Waals surface area contributed by atoms with Crippen molar-refractivity contribution in [2.24, 2.45) is 0 Å². The van der Waals surface area contributed by atoms with Crippen LogP contribution in [0.2, 0.25) is 5.02 Å². The van der Waals surface area contributed by atoms with E-state index in [2.05, 4.69) is 26.2 Å². The van der Waals surface area contributed by atoms with E-state index in [0.29, 0.717) is 5.02 Å². The fourth-order valence-electron chi connectivity index (χ4n) is 2.05. The second-order valence-corrected chi connectivity index (χ2v) is 6.18. The molecule has 0 aliphatic heterocycles. The fourth-order valence-corrected chi connectivity index (χ4v) is 2.53. The second-order valence-electron chi connectivity index (χ2n) is 4.92. The van der Waals surface area contributed by atoms with E-state index >= 15 is 0 Å². The molecule has 0 unspecified atom stereocenters. The van der Waals surface area contributed by atoms with Gasteiger partial charge in [0.25, 0.3) is 0 Å². The third-order valence-corrected chi connectivity index (χ3v) is 4.14. The number of aromatic nitrogens is 3. The standard InChI is InChI=1S/C15H13BrClN3O/c1-9(2)21-11-5-3-10(4-6-11)20-15-7-12(16)13(17)8-14(15)18-19-20/h3-9H,1-2H3. The van der Waals surface area contributed by atoms with Crippen molar-refractivity contribution in [1.82, 2.24) is 15.0 Å². The summed E-state index contributed by atoms with van der Waals surface area (Å²) in [5, 5.41) is 8.95. The number of benzene rings is 2. The highest BCUT2D eigenvalue weighted by atomic mass is 79.9. The molecular weight excluding hydrogens is 354 g/mol. The lowest BCUT2D eigenvalue weighted by Crippen LogP contribution is -2.05. The summed E-state index contributed by atoms with van der Waals surface area (Å²) in [6.45, 7) is 4.00. The Kier molecular flexibility index (Phi) is 3.87. The van der Waals surface area contributed by atoms with Gasteiger partial charge >= 0.3 is 0 Å². The van der Waals surface area contributed by atoms with Gasteiger partial charge in [-0.15, -0.1) is 5.10 Å². The molecule has 2 aromatic carbocycles. The van der Waals surface area contributed by atoms with Gasteiger partial charge in [0, 0.05) is 4.47 Å². The van der Waals surface area contributed by atoms with Crippen molar-refractivity contribution in [3.8, 4) is 11.4 Å². The molecular formula is C15H13BrClN3O. The van der Waals surface area contributed by atoms with Gasteiger partial charge in [0.2, 0.25) is 0 Å². The van der Waals surface area contributed by atoms with Gasteiger partial charge in [0.1, 0.15) is 11.3 Å². The van der Waals surface area contributed by atoms with Crippen LogP contribution in [0.25, 0.3) is 16.7 Å². The van der Waals surface area contributed by atoms with Crippen molar-refractivity contribution in [3.63, 3.8) is 0 Å². The van der Waals surface area contributed by atoms with Crippen molar-refractivity contribution in [3.05, 3.63) is 45.9 Å². The van der Waals surface area contributed by atoms with E-state index in [0.717, 1.165) is 26.9 Å². The smallest absolute Gasteiger partial charge is 0.119 e. The number of rotatable bonds is 3.